The summed E-state index contributed by atoms with van der Waals surface area (Å²) in [7, 11) is 0. The number of fused-ring (bicyclic) bond motifs is 1. The standard InChI is InChI=1S/C13H15N/c1-10-8-9-13(14)12-7-5-3-2-4-6-11(10)12/h2-4,6,8-9H,5,7,14H2,1H3/b3-2-,6-4-. The van der Waals surface area contributed by atoms with Crippen LogP contribution in [0, 0.1) is 6.92 Å². The highest BCUT2D eigenvalue weighted by atomic mass is 14.6. The molecule has 2 N–H and O–H groups in total. The average Bonchev–Trinajstić information content (AvgIpc) is 2.11. The van der Waals surface area contributed by atoms with Gasteiger partial charge in [-0.25, -0.2) is 0 Å². The largest absolute Gasteiger partial charge is 0.398 e. The molecule has 1 aromatic carbocycles. The molecule has 0 heterocycles. The summed E-state index contributed by atoms with van der Waals surface area (Å²) in [6.07, 6.45) is 10.6. The molecule has 0 bridgehead atoms. The monoisotopic (exact) mass is 185 g/mol. The van der Waals surface area contributed by atoms with E-state index in [0.717, 1.165) is 18.5 Å². The minimum Gasteiger partial charge on any atom is -0.398 e. The van der Waals surface area contributed by atoms with Crippen LogP contribution in [0.15, 0.2) is 30.4 Å². The van der Waals surface area contributed by atoms with Crippen LogP contribution in [-0.4, -0.2) is 0 Å². The van der Waals surface area contributed by atoms with Crippen LogP contribution in [0.3, 0.4) is 0 Å². The lowest BCUT2D eigenvalue weighted by Crippen LogP contribution is -2.00. The van der Waals surface area contributed by atoms with Crippen LogP contribution in [0.25, 0.3) is 6.08 Å². The van der Waals surface area contributed by atoms with Gasteiger partial charge in [0.05, 0.1) is 0 Å². The van der Waals surface area contributed by atoms with E-state index in [4.69, 9.17) is 5.73 Å². The predicted molar refractivity (Wildman–Crippen MR) is 62.1 cm³/mol. The zero-order valence-corrected chi connectivity index (χ0v) is 8.46. The third-order valence-corrected chi connectivity index (χ3v) is 2.68. The molecule has 0 unspecified atom stereocenters. The Balaban J connectivity index is 2.59. The van der Waals surface area contributed by atoms with Crippen molar-refractivity contribution < 1.29 is 0 Å². The molecule has 1 aliphatic carbocycles. The lowest BCUT2D eigenvalue weighted by Gasteiger charge is -2.12. The fourth-order valence-electron chi connectivity index (χ4n) is 1.86. The predicted octanol–water partition coefficient (Wildman–Crippen LogP) is 3.09. The van der Waals surface area contributed by atoms with E-state index in [2.05, 4.69) is 37.3 Å². The molecule has 14 heavy (non-hydrogen) atoms. The van der Waals surface area contributed by atoms with Gasteiger partial charge in [-0.1, -0.05) is 30.4 Å². The molecular formula is C13H15N. The number of benzene rings is 1. The normalized spacial score (nSPS) is 19.2. The minimum absolute atomic E-state index is 0.922. The fourth-order valence-corrected chi connectivity index (χ4v) is 1.86. The molecule has 0 radical (unpaired) electrons. The van der Waals surface area contributed by atoms with Crippen molar-refractivity contribution in [1.29, 1.82) is 0 Å². The molecule has 1 heteroatoms. The molecule has 0 fully saturated rings. The van der Waals surface area contributed by atoms with Gasteiger partial charge in [-0.05, 0) is 42.5 Å². The average molecular weight is 185 g/mol. The number of nitrogens with two attached hydrogens (primary N) is 1. The van der Waals surface area contributed by atoms with Crippen molar-refractivity contribution in [3.63, 3.8) is 0 Å². The van der Waals surface area contributed by atoms with Crippen molar-refractivity contribution in [2.45, 2.75) is 19.8 Å². The Bertz CT molecular complexity index is 400. The molecule has 0 amide bonds. The third-order valence-electron chi connectivity index (χ3n) is 2.68. The van der Waals surface area contributed by atoms with E-state index in [1.807, 2.05) is 6.07 Å². The van der Waals surface area contributed by atoms with Gasteiger partial charge in [0.15, 0.2) is 0 Å². The first-order valence-corrected chi connectivity index (χ1v) is 5.00. The number of rotatable bonds is 0. The van der Waals surface area contributed by atoms with Crippen LogP contribution >= 0.6 is 0 Å². The molecule has 0 saturated carbocycles. The molecule has 0 atom stereocenters. The Kier molecular flexibility index (Phi) is 2.40. The lowest BCUT2D eigenvalue weighted by molar-refractivity contribution is 0.995. The first kappa shape index (κ1) is 9.07. The molecule has 72 valence electrons. The highest BCUT2D eigenvalue weighted by Gasteiger charge is 2.07. The molecule has 0 spiro atoms. The molecule has 1 aromatic rings. The van der Waals surface area contributed by atoms with Crippen LogP contribution in [0.2, 0.25) is 0 Å². The van der Waals surface area contributed by atoms with E-state index in [1.54, 1.807) is 0 Å². The Morgan fingerprint density at radius 3 is 2.93 bits per heavy atom. The SMILES string of the molecule is Cc1ccc(N)c2c1/C=C\C=C/CC2. The summed E-state index contributed by atoms with van der Waals surface area (Å²) < 4.78 is 0. The number of hydrogen-bond donors (Lipinski definition) is 1. The number of aryl methyl sites for hydroxylation is 1. The zero-order valence-electron chi connectivity index (χ0n) is 8.46. The second-order valence-corrected chi connectivity index (χ2v) is 3.69. The lowest BCUT2D eigenvalue weighted by atomic mass is 9.95. The number of hydrogen-bond acceptors (Lipinski definition) is 1. The maximum absolute atomic E-state index is 5.97. The van der Waals surface area contributed by atoms with E-state index in [9.17, 15) is 0 Å². The van der Waals surface area contributed by atoms with Crippen LogP contribution in [-0.2, 0) is 6.42 Å². The highest BCUT2D eigenvalue weighted by Crippen LogP contribution is 2.25. The summed E-state index contributed by atoms with van der Waals surface area (Å²) in [5, 5.41) is 0. The molecule has 1 nitrogen and oxygen atoms in total. The summed E-state index contributed by atoms with van der Waals surface area (Å²) in [5.74, 6) is 0. The van der Waals surface area contributed by atoms with Crippen LogP contribution in [0.5, 0.6) is 0 Å². The summed E-state index contributed by atoms with van der Waals surface area (Å²) in [6.45, 7) is 2.13. The first-order chi connectivity index (χ1) is 6.79. The Labute approximate surface area is 84.9 Å². The fraction of sp³-hybridized carbons (Fsp3) is 0.231. The molecule has 0 aliphatic heterocycles. The smallest absolute Gasteiger partial charge is 0.0352 e. The number of anilines is 1. The van der Waals surface area contributed by atoms with Crippen molar-refractivity contribution in [3.8, 4) is 0 Å². The van der Waals surface area contributed by atoms with Crippen molar-refractivity contribution in [2.75, 3.05) is 5.73 Å². The Morgan fingerprint density at radius 1 is 1.21 bits per heavy atom. The van der Waals surface area contributed by atoms with Crippen LogP contribution in [0.4, 0.5) is 5.69 Å². The Hall–Kier alpha value is -1.50. The van der Waals surface area contributed by atoms with Crippen molar-refractivity contribution in [2.24, 2.45) is 0 Å². The number of nitrogen functional groups attached to an aromatic ring is 1. The maximum Gasteiger partial charge on any atom is 0.0352 e. The topological polar surface area (TPSA) is 26.0 Å². The van der Waals surface area contributed by atoms with Gasteiger partial charge in [-0.2, -0.15) is 0 Å². The number of allylic oxidation sites excluding steroid dienone is 3. The highest BCUT2D eigenvalue weighted by molar-refractivity contribution is 5.67. The van der Waals surface area contributed by atoms with Gasteiger partial charge in [0, 0.05) is 5.69 Å². The molecule has 2 rings (SSSR count). The van der Waals surface area contributed by atoms with E-state index < -0.39 is 0 Å². The van der Waals surface area contributed by atoms with E-state index in [1.165, 1.54) is 16.7 Å². The van der Waals surface area contributed by atoms with Gasteiger partial charge in [-0.3, -0.25) is 0 Å². The van der Waals surface area contributed by atoms with Gasteiger partial charge in [-0.15, -0.1) is 0 Å². The van der Waals surface area contributed by atoms with Crippen molar-refractivity contribution in [3.05, 3.63) is 47.1 Å². The summed E-state index contributed by atoms with van der Waals surface area (Å²) >= 11 is 0. The molecule has 0 saturated heterocycles. The van der Waals surface area contributed by atoms with Crippen molar-refractivity contribution >= 4 is 11.8 Å². The second kappa shape index (κ2) is 3.70. The van der Waals surface area contributed by atoms with Crippen LogP contribution in [0.1, 0.15) is 23.1 Å². The molecular weight excluding hydrogens is 170 g/mol. The summed E-state index contributed by atoms with van der Waals surface area (Å²) in [6, 6.07) is 4.09. The molecule has 1 aliphatic rings. The maximum atomic E-state index is 5.97. The van der Waals surface area contributed by atoms with Gasteiger partial charge in [0.25, 0.3) is 0 Å². The molecule has 0 aromatic heterocycles. The second-order valence-electron chi connectivity index (χ2n) is 3.69. The summed E-state index contributed by atoms with van der Waals surface area (Å²) in [5.41, 5.74) is 10.8. The quantitative estimate of drug-likeness (QED) is 0.617. The van der Waals surface area contributed by atoms with E-state index in [-0.39, 0.29) is 0 Å². The van der Waals surface area contributed by atoms with Crippen molar-refractivity contribution in [1.82, 2.24) is 0 Å². The Morgan fingerprint density at radius 2 is 2.07 bits per heavy atom. The van der Waals surface area contributed by atoms with Crippen LogP contribution < -0.4 is 5.73 Å². The summed E-state index contributed by atoms with van der Waals surface area (Å²) in [4.78, 5) is 0. The first-order valence-electron chi connectivity index (χ1n) is 5.00. The van der Waals surface area contributed by atoms with Gasteiger partial charge in [0.1, 0.15) is 0 Å². The minimum atomic E-state index is 0.922. The van der Waals surface area contributed by atoms with E-state index in [0.29, 0.717) is 0 Å². The van der Waals surface area contributed by atoms with Gasteiger partial charge in [0.2, 0.25) is 0 Å². The zero-order chi connectivity index (χ0) is 9.97. The third kappa shape index (κ3) is 1.58. The van der Waals surface area contributed by atoms with Gasteiger partial charge >= 0.3 is 0 Å². The van der Waals surface area contributed by atoms with E-state index >= 15 is 0 Å². The van der Waals surface area contributed by atoms with Gasteiger partial charge < -0.3 is 5.73 Å².